The summed E-state index contributed by atoms with van der Waals surface area (Å²) in [6.45, 7) is 14.3. The second-order valence-corrected chi connectivity index (χ2v) is 25.9. The summed E-state index contributed by atoms with van der Waals surface area (Å²) in [5, 5.41) is 11.2. The lowest BCUT2D eigenvalue weighted by atomic mass is 9.78. The third kappa shape index (κ3) is 7.48. The minimum atomic E-state index is -1.77. The van der Waals surface area contributed by atoms with E-state index in [9.17, 15) is 0 Å². The lowest BCUT2D eigenvalue weighted by Crippen LogP contribution is -2.37. The molecule has 0 N–H and O–H groups in total. The average molecular weight is 903 g/mol. The molecule has 0 aliphatic carbocycles. The summed E-state index contributed by atoms with van der Waals surface area (Å²) in [6.07, 6.45) is 0. The number of rotatable bonds is 7. The molecule has 0 spiro atoms. The van der Waals surface area contributed by atoms with Crippen molar-refractivity contribution in [2.45, 2.75) is 45.8 Å². The van der Waals surface area contributed by atoms with Gasteiger partial charge in [-0.2, -0.15) is 0 Å². The van der Waals surface area contributed by atoms with Crippen molar-refractivity contribution in [3.8, 4) is 66.8 Å². The maximum atomic E-state index is 6.30. The predicted molar refractivity (Wildman–Crippen MR) is 301 cm³/mol. The topological polar surface area (TPSA) is 13.1 Å². The van der Waals surface area contributed by atoms with Gasteiger partial charge in [-0.3, -0.25) is 0 Å². The van der Waals surface area contributed by atoms with Crippen LogP contribution in [0.1, 0.15) is 26.3 Å². The minimum Gasteiger partial charge on any atom is -0.456 e. The van der Waals surface area contributed by atoms with Gasteiger partial charge in [-0.15, -0.1) is 0 Å². The van der Waals surface area contributed by atoms with Crippen molar-refractivity contribution in [3.63, 3.8) is 0 Å². The van der Waals surface area contributed by atoms with Gasteiger partial charge in [-0.25, -0.2) is 0 Å². The molecule has 12 aromatic rings. The number of benzene rings is 11. The summed E-state index contributed by atoms with van der Waals surface area (Å²) in [5.41, 5.74) is 17.9. The quantitative estimate of drug-likeness (QED) is 0.115. The Labute approximate surface area is 406 Å². The second-order valence-electron chi connectivity index (χ2n) is 20.9. The Balaban J connectivity index is 1.11. The lowest BCUT2D eigenvalue weighted by molar-refractivity contribution is 0.590. The molecule has 2 heteroatoms. The van der Waals surface area contributed by atoms with Crippen LogP contribution in [0.4, 0.5) is 0 Å². The first kappa shape index (κ1) is 42.6. The standard InChI is InChI=1S/C67H54OSi/c1-67(2,3)50-33-36-53(60(41-50)44-20-11-8-12-21-44)56-26-17-25-52(43-18-9-7-10-19-43)65(56)66-58-24-14-13-23-57(58)64(59-37-34-51(42-61(59)66)69(4,5)6)49-31-30-45-38-46(28-29-47(45)39-49)48-32-35-55-54-22-15-16-27-62(54)68-63(55)40-48/h7-42H,1-6H3. The summed E-state index contributed by atoms with van der Waals surface area (Å²) in [6, 6.07) is 81.5. The molecule has 1 aromatic heterocycles. The fourth-order valence-corrected chi connectivity index (χ4v) is 11.9. The first-order valence-electron chi connectivity index (χ1n) is 24.3. The Bertz CT molecular complexity index is 3960. The molecule has 0 saturated heterocycles. The molecule has 0 amide bonds. The summed E-state index contributed by atoms with van der Waals surface area (Å²) < 4.78 is 6.30. The van der Waals surface area contributed by atoms with E-state index >= 15 is 0 Å². The molecule has 11 aromatic carbocycles. The third-order valence-corrected chi connectivity index (χ3v) is 16.4. The number of fused-ring (bicyclic) bond motifs is 6. The smallest absolute Gasteiger partial charge is 0.136 e. The summed E-state index contributed by atoms with van der Waals surface area (Å²) >= 11 is 0. The zero-order valence-electron chi connectivity index (χ0n) is 40.2. The first-order chi connectivity index (χ1) is 33.5. The lowest BCUT2D eigenvalue weighted by Gasteiger charge is -2.26. The van der Waals surface area contributed by atoms with Gasteiger partial charge in [0.1, 0.15) is 11.2 Å². The van der Waals surface area contributed by atoms with Gasteiger partial charge in [-0.05, 0) is 140 Å². The van der Waals surface area contributed by atoms with Crippen molar-refractivity contribution < 1.29 is 4.42 Å². The molecule has 69 heavy (non-hydrogen) atoms. The fraction of sp³-hybridized carbons (Fsp3) is 0.104. The van der Waals surface area contributed by atoms with E-state index < -0.39 is 8.07 Å². The van der Waals surface area contributed by atoms with Crippen LogP contribution < -0.4 is 5.19 Å². The molecule has 0 saturated carbocycles. The van der Waals surface area contributed by atoms with E-state index in [4.69, 9.17) is 4.42 Å². The molecule has 0 aliphatic heterocycles. The van der Waals surface area contributed by atoms with Crippen molar-refractivity contribution in [3.05, 3.63) is 224 Å². The van der Waals surface area contributed by atoms with Crippen LogP contribution in [-0.4, -0.2) is 8.07 Å². The Kier molecular flexibility index (Phi) is 10.2. The van der Waals surface area contributed by atoms with Crippen LogP contribution in [0.15, 0.2) is 223 Å². The van der Waals surface area contributed by atoms with Crippen molar-refractivity contribution in [1.82, 2.24) is 0 Å². The highest BCUT2D eigenvalue weighted by Gasteiger charge is 2.26. The zero-order valence-corrected chi connectivity index (χ0v) is 41.2. The van der Waals surface area contributed by atoms with Gasteiger partial charge in [0.15, 0.2) is 0 Å². The van der Waals surface area contributed by atoms with Crippen LogP contribution in [0.5, 0.6) is 0 Å². The van der Waals surface area contributed by atoms with Crippen LogP contribution in [0, 0.1) is 0 Å². The number of hydrogen-bond acceptors (Lipinski definition) is 1. The van der Waals surface area contributed by atoms with Crippen LogP contribution >= 0.6 is 0 Å². The highest BCUT2D eigenvalue weighted by atomic mass is 28.3. The molecule has 332 valence electrons. The maximum absolute atomic E-state index is 6.30. The van der Waals surface area contributed by atoms with Crippen LogP contribution in [0.25, 0.3) is 121 Å². The van der Waals surface area contributed by atoms with Crippen LogP contribution in [0.2, 0.25) is 19.6 Å². The van der Waals surface area contributed by atoms with Gasteiger partial charge < -0.3 is 4.42 Å². The maximum Gasteiger partial charge on any atom is 0.136 e. The first-order valence-corrected chi connectivity index (χ1v) is 27.8. The summed E-state index contributed by atoms with van der Waals surface area (Å²) in [7, 11) is -1.77. The average Bonchev–Trinajstić information content (AvgIpc) is 3.75. The Morgan fingerprint density at radius 3 is 1.58 bits per heavy atom. The van der Waals surface area contributed by atoms with Gasteiger partial charge in [-0.1, -0.05) is 234 Å². The van der Waals surface area contributed by atoms with Gasteiger partial charge in [0.25, 0.3) is 0 Å². The Morgan fingerprint density at radius 2 is 0.870 bits per heavy atom. The normalized spacial score (nSPS) is 12.2. The summed E-state index contributed by atoms with van der Waals surface area (Å²) in [4.78, 5) is 0. The molecule has 0 aliphatic rings. The molecule has 0 fully saturated rings. The number of para-hydroxylation sites is 1. The molecule has 1 heterocycles. The molecule has 12 rings (SSSR count). The van der Waals surface area contributed by atoms with Crippen molar-refractivity contribution in [2.24, 2.45) is 0 Å². The van der Waals surface area contributed by atoms with E-state index in [1.807, 2.05) is 12.1 Å². The van der Waals surface area contributed by atoms with Crippen molar-refractivity contribution in [1.29, 1.82) is 0 Å². The van der Waals surface area contributed by atoms with E-state index in [2.05, 4.69) is 247 Å². The molecule has 0 radical (unpaired) electrons. The largest absolute Gasteiger partial charge is 0.456 e. The fourth-order valence-electron chi connectivity index (χ4n) is 10.7. The van der Waals surface area contributed by atoms with Crippen molar-refractivity contribution in [2.75, 3.05) is 0 Å². The monoisotopic (exact) mass is 902 g/mol. The SMILES string of the molecule is CC(C)(C)c1ccc(-c2cccc(-c3ccccc3)c2-c2c3ccccc3c(-c3ccc4cc(-c5ccc6c(c5)oc5ccccc56)ccc4c3)c3ccc([Si](C)(C)C)cc23)c(-c2ccccc2)c1. The van der Waals surface area contributed by atoms with Gasteiger partial charge >= 0.3 is 0 Å². The summed E-state index contributed by atoms with van der Waals surface area (Å²) in [5.74, 6) is 0. The number of furan rings is 1. The van der Waals surface area contributed by atoms with Crippen LogP contribution in [-0.2, 0) is 5.41 Å². The molecule has 1 nitrogen and oxygen atoms in total. The zero-order chi connectivity index (χ0) is 47.0. The van der Waals surface area contributed by atoms with Gasteiger partial charge in [0.2, 0.25) is 0 Å². The molecule has 0 bridgehead atoms. The Hall–Kier alpha value is -7.78. The molecule has 0 unspecified atom stereocenters. The molecule has 0 atom stereocenters. The van der Waals surface area contributed by atoms with Crippen molar-refractivity contribution >= 4 is 67.5 Å². The van der Waals surface area contributed by atoms with E-state index in [-0.39, 0.29) is 5.41 Å². The molecular weight excluding hydrogens is 849 g/mol. The highest BCUT2D eigenvalue weighted by molar-refractivity contribution is 6.88. The van der Waals surface area contributed by atoms with Crippen LogP contribution in [0.3, 0.4) is 0 Å². The van der Waals surface area contributed by atoms with E-state index in [1.54, 1.807) is 0 Å². The minimum absolute atomic E-state index is 0.0115. The number of hydrogen-bond donors (Lipinski definition) is 0. The third-order valence-electron chi connectivity index (χ3n) is 14.4. The second kappa shape index (κ2) is 16.5. The van der Waals surface area contributed by atoms with Gasteiger partial charge in [0, 0.05) is 10.8 Å². The Morgan fingerprint density at radius 1 is 0.319 bits per heavy atom. The highest BCUT2D eigenvalue weighted by Crippen LogP contribution is 2.51. The van der Waals surface area contributed by atoms with E-state index in [0.717, 1.165) is 27.5 Å². The predicted octanol–water partition coefficient (Wildman–Crippen LogP) is 18.9. The van der Waals surface area contributed by atoms with E-state index in [0.29, 0.717) is 0 Å². The van der Waals surface area contributed by atoms with E-state index in [1.165, 1.54) is 104 Å². The molecular formula is C67H54OSi. The van der Waals surface area contributed by atoms with Gasteiger partial charge in [0.05, 0.1) is 8.07 Å².